The van der Waals surface area contributed by atoms with Gasteiger partial charge in [0.25, 0.3) is 0 Å². The normalized spacial score (nSPS) is 24.2. The first-order valence-electron chi connectivity index (χ1n) is 7.97. The summed E-state index contributed by atoms with van der Waals surface area (Å²) in [5.41, 5.74) is 0.885. The van der Waals surface area contributed by atoms with E-state index in [4.69, 9.17) is 4.74 Å². The van der Waals surface area contributed by atoms with Gasteiger partial charge < -0.3 is 9.64 Å². The number of piperazine rings is 1. The van der Waals surface area contributed by atoms with Gasteiger partial charge in [-0.2, -0.15) is 5.26 Å². The molecule has 1 aromatic carbocycles. The third-order valence-electron chi connectivity index (χ3n) is 4.78. The van der Waals surface area contributed by atoms with Gasteiger partial charge in [-0.15, -0.1) is 0 Å². The average Bonchev–Trinajstić information content (AvgIpc) is 2.55. The van der Waals surface area contributed by atoms with Gasteiger partial charge in [0.05, 0.1) is 5.69 Å². The predicted octanol–water partition coefficient (Wildman–Crippen LogP) is 2.39. The molecule has 0 aliphatic carbocycles. The van der Waals surface area contributed by atoms with Gasteiger partial charge in [-0.05, 0) is 31.9 Å². The van der Waals surface area contributed by atoms with Gasteiger partial charge in [0.15, 0.2) is 0 Å². The summed E-state index contributed by atoms with van der Waals surface area (Å²) in [5.74, 6) is -0.431. The molecule has 2 fully saturated rings. The molecular formula is C17H22FN3O. The maximum Gasteiger partial charge on any atom is 0.143 e. The van der Waals surface area contributed by atoms with Crippen molar-refractivity contribution >= 4 is 5.69 Å². The summed E-state index contributed by atoms with van der Waals surface area (Å²) in [6.07, 6.45) is 2.19. The minimum Gasteiger partial charge on any atom is -0.381 e. The molecule has 3 rings (SSSR count). The number of benzene rings is 1. The summed E-state index contributed by atoms with van der Waals surface area (Å²) in [6.45, 7) is 6.58. The molecular weight excluding hydrogens is 281 g/mol. The summed E-state index contributed by atoms with van der Waals surface area (Å²) < 4.78 is 19.3. The van der Waals surface area contributed by atoms with Crippen LogP contribution in [0, 0.1) is 17.1 Å². The van der Waals surface area contributed by atoms with Crippen molar-refractivity contribution in [2.75, 3.05) is 37.7 Å². The topological polar surface area (TPSA) is 39.5 Å². The van der Waals surface area contributed by atoms with E-state index in [2.05, 4.69) is 16.7 Å². The molecule has 0 spiro atoms. The zero-order valence-electron chi connectivity index (χ0n) is 13.0. The lowest BCUT2D eigenvalue weighted by Gasteiger charge is -2.45. The SMILES string of the molecule is C[C@@H]1CN(C2CCOCC2)CCN1c1cccc(F)c1C#N. The number of anilines is 1. The highest BCUT2D eigenvalue weighted by molar-refractivity contribution is 5.60. The van der Waals surface area contributed by atoms with Crippen LogP contribution in [0.1, 0.15) is 25.3 Å². The van der Waals surface area contributed by atoms with Crippen molar-refractivity contribution in [2.45, 2.75) is 31.8 Å². The number of halogens is 1. The summed E-state index contributed by atoms with van der Waals surface area (Å²) in [4.78, 5) is 4.69. The van der Waals surface area contributed by atoms with E-state index < -0.39 is 5.82 Å². The number of ether oxygens (including phenoxy) is 1. The van der Waals surface area contributed by atoms with Crippen molar-refractivity contribution in [2.24, 2.45) is 0 Å². The van der Waals surface area contributed by atoms with E-state index in [1.54, 1.807) is 6.07 Å². The zero-order valence-corrected chi connectivity index (χ0v) is 13.0. The first-order chi connectivity index (χ1) is 10.7. The monoisotopic (exact) mass is 303 g/mol. The molecule has 0 bridgehead atoms. The second-order valence-electron chi connectivity index (χ2n) is 6.13. The van der Waals surface area contributed by atoms with E-state index in [1.807, 2.05) is 12.1 Å². The molecule has 118 valence electrons. The van der Waals surface area contributed by atoms with Crippen molar-refractivity contribution in [1.82, 2.24) is 4.90 Å². The van der Waals surface area contributed by atoms with Gasteiger partial charge in [0.2, 0.25) is 0 Å². The van der Waals surface area contributed by atoms with Crippen LogP contribution in [0.25, 0.3) is 0 Å². The lowest BCUT2D eigenvalue weighted by atomic mass is 10.0. The maximum atomic E-state index is 13.8. The molecule has 4 nitrogen and oxygen atoms in total. The Morgan fingerprint density at radius 1 is 1.27 bits per heavy atom. The van der Waals surface area contributed by atoms with Crippen molar-refractivity contribution < 1.29 is 9.13 Å². The Labute approximate surface area is 131 Å². The summed E-state index contributed by atoms with van der Waals surface area (Å²) in [7, 11) is 0. The summed E-state index contributed by atoms with van der Waals surface area (Å²) in [5, 5.41) is 9.23. The lowest BCUT2D eigenvalue weighted by molar-refractivity contribution is 0.0280. The minimum atomic E-state index is -0.431. The molecule has 0 aromatic heterocycles. The molecule has 0 amide bonds. The molecule has 22 heavy (non-hydrogen) atoms. The van der Waals surface area contributed by atoms with Gasteiger partial charge in [0, 0.05) is 44.9 Å². The van der Waals surface area contributed by atoms with Crippen molar-refractivity contribution in [3.05, 3.63) is 29.6 Å². The Morgan fingerprint density at radius 3 is 2.73 bits per heavy atom. The highest BCUT2D eigenvalue weighted by Crippen LogP contribution is 2.28. The van der Waals surface area contributed by atoms with Crippen LogP contribution in [0.5, 0.6) is 0 Å². The lowest BCUT2D eigenvalue weighted by Crippen LogP contribution is -2.56. The van der Waals surface area contributed by atoms with Crippen LogP contribution < -0.4 is 4.90 Å². The summed E-state index contributed by atoms with van der Waals surface area (Å²) >= 11 is 0. The fourth-order valence-electron chi connectivity index (χ4n) is 3.59. The second-order valence-corrected chi connectivity index (χ2v) is 6.13. The van der Waals surface area contributed by atoms with E-state index in [9.17, 15) is 9.65 Å². The summed E-state index contributed by atoms with van der Waals surface area (Å²) in [6, 6.07) is 7.76. The van der Waals surface area contributed by atoms with Gasteiger partial charge in [-0.3, -0.25) is 4.90 Å². The average molecular weight is 303 g/mol. The Morgan fingerprint density at radius 2 is 2.05 bits per heavy atom. The molecule has 0 unspecified atom stereocenters. The van der Waals surface area contributed by atoms with E-state index in [0.29, 0.717) is 6.04 Å². The van der Waals surface area contributed by atoms with Crippen LogP contribution in [0.15, 0.2) is 18.2 Å². The third-order valence-corrected chi connectivity index (χ3v) is 4.78. The molecule has 2 saturated heterocycles. The van der Waals surface area contributed by atoms with Crippen molar-refractivity contribution in [1.29, 1.82) is 5.26 Å². The molecule has 1 atom stereocenters. The Hall–Kier alpha value is -1.64. The third kappa shape index (κ3) is 2.94. The molecule has 0 saturated carbocycles. The first kappa shape index (κ1) is 15.3. The standard InChI is InChI=1S/C17H22FN3O/c1-13-12-20(14-5-9-22-10-6-14)7-8-21(13)17-4-2-3-16(18)15(17)11-19/h2-4,13-14H,5-10,12H2,1H3/t13-/m1/s1. The van der Waals surface area contributed by atoms with Crippen LogP contribution in [0.3, 0.4) is 0 Å². The number of nitrogens with zero attached hydrogens (tertiary/aromatic N) is 3. The van der Waals surface area contributed by atoms with Gasteiger partial charge >= 0.3 is 0 Å². The van der Waals surface area contributed by atoms with Crippen molar-refractivity contribution in [3.63, 3.8) is 0 Å². The van der Waals surface area contributed by atoms with Crippen LogP contribution in [0.4, 0.5) is 10.1 Å². The van der Waals surface area contributed by atoms with Crippen LogP contribution in [0.2, 0.25) is 0 Å². The molecule has 5 heteroatoms. The zero-order chi connectivity index (χ0) is 15.5. The molecule has 0 radical (unpaired) electrons. The Balaban J connectivity index is 1.73. The number of rotatable bonds is 2. The first-order valence-corrected chi connectivity index (χ1v) is 7.97. The van der Waals surface area contributed by atoms with E-state index >= 15 is 0 Å². The quantitative estimate of drug-likeness (QED) is 0.841. The fraction of sp³-hybridized carbons (Fsp3) is 0.588. The maximum absolute atomic E-state index is 13.8. The molecule has 2 heterocycles. The van der Waals surface area contributed by atoms with E-state index in [1.165, 1.54) is 6.07 Å². The number of hydrogen-bond acceptors (Lipinski definition) is 4. The van der Waals surface area contributed by atoms with E-state index in [-0.39, 0.29) is 11.6 Å². The Bertz CT molecular complexity index is 566. The highest BCUT2D eigenvalue weighted by atomic mass is 19.1. The van der Waals surface area contributed by atoms with Gasteiger partial charge in [-0.1, -0.05) is 6.07 Å². The predicted molar refractivity (Wildman–Crippen MR) is 83.3 cm³/mol. The number of hydrogen-bond donors (Lipinski definition) is 0. The largest absolute Gasteiger partial charge is 0.381 e. The van der Waals surface area contributed by atoms with Gasteiger partial charge in [0.1, 0.15) is 17.4 Å². The van der Waals surface area contributed by atoms with Crippen LogP contribution in [-0.2, 0) is 4.74 Å². The minimum absolute atomic E-state index is 0.161. The molecule has 1 aromatic rings. The number of nitriles is 1. The van der Waals surface area contributed by atoms with E-state index in [0.717, 1.165) is 51.4 Å². The highest BCUT2D eigenvalue weighted by Gasteiger charge is 2.30. The fourth-order valence-corrected chi connectivity index (χ4v) is 3.59. The van der Waals surface area contributed by atoms with Crippen LogP contribution >= 0.6 is 0 Å². The van der Waals surface area contributed by atoms with Crippen molar-refractivity contribution in [3.8, 4) is 6.07 Å². The molecule has 2 aliphatic heterocycles. The smallest absolute Gasteiger partial charge is 0.143 e. The second kappa shape index (κ2) is 6.64. The Kier molecular flexibility index (Phi) is 4.60. The molecule has 0 N–H and O–H groups in total. The molecule has 2 aliphatic rings. The van der Waals surface area contributed by atoms with Gasteiger partial charge in [-0.25, -0.2) is 4.39 Å². The van der Waals surface area contributed by atoms with Crippen LogP contribution in [-0.4, -0.2) is 49.8 Å².